The quantitative estimate of drug-likeness (QED) is 0.610. The highest BCUT2D eigenvalue weighted by molar-refractivity contribution is 5.75. The summed E-state index contributed by atoms with van der Waals surface area (Å²) in [4.78, 5) is 0. The van der Waals surface area contributed by atoms with Crippen molar-refractivity contribution in [3.63, 3.8) is 0 Å². The van der Waals surface area contributed by atoms with Crippen LogP contribution >= 0.6 is 0 Å². The summed E-state index contributed by atoms with van der Waals surface area (Å²) in [5.41, 5.74) is 3.80. The van der Waals surface area contributed by atoms with Gasteiger partial charge >= 0.3 is 0 Å². The van der Waals surface area contributed by atoms with E-state index in [1.54, 1.807) is 0 Å². The van der Waals surface area contributed by atoms with E-state index in [1.165, 1.54) is 16.7 Å². The number of hydrogen-bond acceptors (Lipinski definition) is 4. The van der Waals surface area contributed by atoms with Crippen LogP contribution in [0.5, 0.6) is 11.5 Å². The molecule has 0 spiro atoms. The first-order chi connectivity index (χ1) is 14.8. The topological polar surface area (TPSA) is 36.9 Å². The van der Waals surface area contributed by atoms with Gasteiger partial charge in [0.2, 0.25) is 0 Å². The van der Waals surface area contributed by atoms with Gasteiger partial charge in [0, 0.05) is 32.0 Å². The predicted octanol–water partition coefficient (Wildman–Crippen LogP) is 5.15. The van der Waals surface area contributed by atoms with Gasteiger partial charge in [-0.25, -0.2) is 0 Å². The molecule has 2 heterocycles. The van der Waals surface area contributed by atoms with Gasteiger partial charge in [-0.05, 0) is 47.4 Å². The van der Waals surface area contributed by atoms with Crippen LogP contribution in [-0.2, 0) is 9.47 Å². The van der Waals surface area contributed by atoms with Crippen LogP contribution in [0.15, 0.2) is 66.8 Å². The van der Waals surface area contributed by atoms with Crippen molar-refractivity contribution in [2.45, 2.75) is 37.4 Å². The molecule has 4 heteroatoms. The van der Waals surface area contributed by atoms with Gasteiger partial charge < -0.3 is 18.9 Å². The SMILES string of the molecule is C1=CC(c2ccc(OCC3CCO3)cc2)CC=C1c1ccc(OCC2CCO2)cc1. The predicted molar refractivity (Wildman–Crippen MR) is 117 cm³/mol. The van der Waals surface area contributed by atoms with Crippen LogP contribution in [0, 0.1) is 0 Å². The molecule has 4 nitrogen and oxygen atoms in total. The van der Waals surface area contributed by atoms with E-state index >= 15 is 0 Å². The Balaban J connectivity index is 1.13. The molecule has 0 saturated carbocycles. The summed E-state index contributed by atoms with van der Waals surface area (Å²) in [6.07, 6.45) is 10.6. The molecule has 5 rings (SSSR count). The van der Waals surface area contributed by atoms with Crippen molar-refractivity contribution in [2.24, 2.45) is 0 Å². The van der Waals surface area contributed by atoms with Crippen LogP contribution in [0.3, 0.4) is 0 Å². The Hall–Kier alpha value is -2.56. The molecule has 2 aromatic rings. The average molecular weight is 405 g/mol. The minimum atomic E-state index is 0.267. The van der Waals surface area contributed by atoms with Gasteiger partial charge in [0.05, 0.1) is 12.2 Å². The first-order valence-corrected chi connectivity index (χ1v) is 10.9. The second-order valence-electron chi connectivity index (χ2n) is 8.14. The molecule has 0 radical (unpaired) electrons. The summed E-state index contributed by atoms with van der Waals surface area (Å²) in [5.74, 6) is 2.22. The van der Waals surface area contributed by atoms with E-state index in [4.69, 9.17) is 18.9 Å². The highest BCUT2D eigenvalue weighted by Gasteiger charge is 2.19. The molecule has 1 aliphatic carbocycles. The fraction of sp³-hybridized carbons (Fsp3) is 0.385. The number of ether oxygens (including phenoxy) is 4. The summed E-state index contributed by atoms with van der Waals surface area (Å²) in [6, 6.07) is 16.8. The number of rotatable bonds is 8. The molecule has 0 N–H and O–H groups in total. The van der Waals surface area contributed by atoms with Crippen molar-refractivity contribution < 1.29 is 18.9 Å². The molecule has 2 aliphatic heterocycles. The third-order valence-electron chi connectivity index (χ3n) is 6.05. The molecule has 0 bridgehead atoms. The first kappa shape index (κ1) is 19.4. The fourth-order valence-electron chi connectivity index (χ4n) is 3.85. The lowest BCUT2D eigenvalue weighted by molar-refractivity contribution is -0.0721. The molecule has 3 unspecified atom stereocenters. The molecule has 3 atom stereocenters. The maximum absolute atomic E-state index is 5.80. The zero-order valence-corrected chi connectivity index (χ0v) is 17.2. The van der Waals surface area contributed by atoms with Crippen LogP contribution in [-0.4, -0.2) is 38.6 Å². The van der Waals surface area contributed by atoms with Crippen LogP contribution in [0.25, 0.3) is 5.57 Å². The maximum Gasteiger partial charge on any atom is 0.119 e. The smallest absolute Gasteiger partial charge is 0.119 e. The zero-order valence-electron chi connectivity index (χ0n) is 17.2. The van der Waals surface area contributed by atoms with E-state index in [-0.39, 0.29) is 12.2 Å². The molecule has 30 heavy (non-hydrogen) atoms. The summed E-state index contributed by atoms with van der Waals surface area (Å²) in [6.45, 7) is 3.02. The van der Waals surface area contributed by atoms with Crippen molar-refractivity contribution >= 4 is 5.57 Å². The largest absolute Gasteiger partial charge is 0.491 e. The second kappa shape index (κ2) is 9.07. The van der Waals surface area contributed by atoms with Crippen molar-refractivity contribution in [3.8, 4) is 11.5 Å². The summed E-state index contributed by atoms with van der Waals surface area (Å²) in [5, 5.41) is 0. The first-order valence-electron chi connectivity index (χ1n) is 10.9. The molecule has 156 valence electrons. The molecule has 2 fully saturated rings. The Labute approximate surface area is 178 Å². The Morgan fingerprint density at radius 1 is 0.767 bits per heavy atom. The summed E-state index contributed by atoms with van der Waals surface area (Å²) >= 11 is 0. The second-order valence-corrected chi connectivity index (χ2v) is 8.14. The van der Waals surface area contributed by atoms with E-state index in [1.807, 2.05) is 12.1 Å². The third-order valence-corrected chi connectivity index (χ3v) is 6.05. The van der Waals surface area contributed by atoms with Crippen LogP contribution in [0.4, 0.5) is 0 Å². The van der Waals surface area contributed by atoms with Crippen molar-refractivity contribution in [1.29, 1.82) is 0 Å². The van der Waals surface area contributed by atoms with Gasteiger partial charge in [0.15, 0.2) is 0 Å². The third kappa shape index (κ3) is 4.61. The van der Waals surface area contributed by atoms with E-state index < -0.39 is 0 Å². The van der Waals surface area contributed by atoms with Crippen molar-refractivity contribution in [2.75, 3.05) is 26.4 Å². The number of benzene rings is 2. The molecule has 0 aromatic heterocycles. The Bertz CT molecular complexity index is 890. The summed E-state index contributed by atoms with van der Waals surface area (Å²) in [7, 11) is 0. The van der Waals surface area contributed by atoms with E-state index in [2.05, 4.69) is 54.6 Å². The fourth-order valence-corrected chi connectivity index (χ4v) is 3.85. The number of hydrogen-bond donors (Lipinski definition) is 0. The molecule has 2 aromatic carbocycles. The Morgan fingerprint density at radius 2 is 1.33 bits per heavy atom. The van der Waals surface area contributed by atoms with Gasteiger partial charge in [-0.15, -0.1) is 0 Å². The lowest BCUT2D eigenvalue weighted by atomic mass is 9.88. The van der Waals surface area contributed by atoms with Gasteiger partial charge in [-0.2, -0.15) is 0 Å². The summed E-state index contributed by atoms with van der Waals surface area (Å²) < 4.78 is 22.4. The molecule has 2 saturated heterocycles. The lowest BCUT2D eigenvalue weighted by Gasteiger charge is -2.26. The Morgan fingerprint density at radius 3 is 1.80 bits per heavy atom. The molecular weight excluding hydrogens is 376 g/mol. The van der Waals surface area contributed by atoms with Crippen LogP contribution < -0.4 is 9.47 Å². The standard InChI is InChI=1S/C26H28O4/c1-2-20(22-7-11-24(12-8-22)30-18-26-14-16-28-26)4-3-19(1)21-5-9-23(10-6-21)29-17-25-13-15-27-25/h1-3,5-12,20,25-26H,4,13-18H2. The van der Waals surface area contributed by atoms with Crippen molar-refractivity contribution in [3.05, 3.63) is 77.9 Å². The normalized spacial score (nSPS) is 25.1. The van der Waals surface area contributed by atoms with E-state index in [0.717, 1.165) is 44.0 Å². The van der Waals surface area contributed by atoms with Crippen LogP contribution in [0.2, 0.25) is 0 Å². The average Bonchev–Trinajstić information content (AvgIpc) is 2.73. The van der Waals surface area contributed by atoms with Gasteiger partial charge in [-0.1, -0.05) is 42.5 Å². The minimum absolute atomic E-state index is 0.267. The van der Waals surface area contributed by atoms with Crippen molar-refractivity contribution in [1.82, 2.24) is 0 Å². The minimum Gasteiger partial charge on any atom is -0.491 e. The van der Waals surface area contributed by atoms with E-state index in [0.29, 0.717) is 19.1 Å². The maximum atomic E-state index is 5.80. The lowest BCUT2D eigenvalue weighted by Crippen LogP contribution is -2.32. The highest BCUT2D eigenvalue weighted by atomic mass is 16.6. The van der Waals surface area contributed by atoms with Gasteiger partial charge in [0.1, 0.15) is 24.7 Å². The molecular formula is C26H28O4. The zero-order chi connectivity index (χ0) is 20.2. The van der Waals surface area contributed by atoms with Crippen LogP contribution in [0.1, 0.15) is 36.3 Å². The number of allylic oxidation sites excluding steroid dienone is 4. The van der Waals surface area contributed by atoms with Gasteiger partial charge in [-0.3, -0.25) is 0 Å². The monoisotopic (exact) mass is 404 g/mol. The molecule has 3 aliphatic rings. The molecule has 0 amide bonds. The van der Waals surface area contributed by atoms with E-state index in [9.17, 15) is 0 Å². The van der Waals surface area contributed by atoms with Gasteiger partial charge in [0.25, 0.3) is 0 Å². The highest BCUT2D eigenvalue weighted by Crippen LogP contribution is 2.32. The Kier molecular flexibility index (Phi) is 5.87.